The molecule has 2 bridgehead atoms. The molecular formula is C21H21NO3. The molecule has 2 heterocycles. The van der Waals surface area contributed by atoms with Crippen molar-refractivity contribution in [3.8, 4) is 0 Å². The first-order valence-electron chi connectivity index (χ1n) is 8.70. The number of methoxy groups -OCH3 is 1. The monoisotopic (exact) mass is 335 g/mol. The Morgan fingerprint density at radius 1 is 1.04 bits per heavy atom. The van der Waals surface area contributed by atoms with Gasteiger partial charge in [0.05, 0.1) is 7.11 Å². The van der Waals surface area contributed by atoms with Crippen molar-refractivity contribution in [2.24, 2.45) is 0 Å². The maximum atomic E-state index is 13.2. The number of ether oxygens (including phenoxy) is 1. The smallest absolute Gasteiger partial charge is 0.332 e. The second-order valence-electron chi connectivity index (χ2n) is 6.85. The molecule has 4 heteroatoms. The molecule has 0 aliphatic carbocycles. The topological polar surface area (TPSA) is 46.6 Å². The van der Waals surface area contributed by atoms with Crippen LogP contribution in [0.25, 0.3) is 0 Å². The molecule has 0 N–H and O–H groups in total. The van der Waals surface area contributed by atoms with Crippen molar-refractivity contribution in [1.82, 2.24) is 4.90 Å². The third-order valence-corrected chi connectivity index (χ3v) is 5.72. The Morgan fingerprint density at radius 3 is 2.32 bits per heavy atom. The Morgan fingerprint density at radius 2 is 1.68 bits per heavy atom. The van der Waals surface area contributed by atoms with Crippen LogP contribution in [0.15, 0.2) is 60.7 Å². The van der Waals surface area contributed by atoms with Gasteiger partial charge in [-0.1, -0.05) is 48.5 Å². The number of hydrogen-bond donors (Lipinski definition) is 0. The third-order valence-electron chi connectivity index (χ3n) is 5.72. The molecule has 2 saturated heterocycles. The van der Waals surface area contributed by atoms with Crippen molar-refractivity contribution in [3.63, 3.8) is 0 Å². The van der Waals surface area contributed by atoms with Gasteiger partial charge >= 0.3 is 5.97 Å². The van der Waals surface area contributed by atoms with Crippen molar-refractivity contribution < 1.29 is 14.3 Å². The molecule has 2 aromatic rings. The highest BCUT2D eigenvalue weighted by molar-refractivity contribution is 6.00. The fourth-order valence-electron chi connectivity index (χ4n) is 4.68. The van der Waals surface area contributed by atoms with E-state index in [1.165, 1.54) is 7.11 Å². The van der Waals surface area contributed by atoms with Gasteiger partial charge in [0.25, 0.3) is 5.91 Å². The van der Waals surface area contributed by atoms with Gasteiger partial charge in [-0.3, -0.25) is 4.79 Å². The van der Waals surface area contributed by atoms with E-state index in [1.54, 1.807) is 0 Å². The van der Waals surface area contributed by atoms with Gasteiger partial charge in [-0.15, -0.1) is 0 Å². The predicted octanol–water partition coefficient (Wildman–Crippen LogP) is 3.39. The van der Waals surface area contributed by atoms with Gasteiger partial charge in [0.15, 0.2) is 0 Å². The standard InChI is InChI=1S/C21H21NO3/c1-25-20(24)21-13-12-17(14-18(21)15-8-4-2-5-9-15)22(21)19(23)16-10-6-3-7-11-16/h2-11,17-18H,12-14H2,1H3/t17-,18+,21+/m0/s1. The van der Waals surface area contributed by atoms with Crippen LogP contribution in [0.4, 0.5) is 0 Å². The van der Waals surface area contributed by atoms with Crippen LogP contribution < -0.4 is 0 Å². The third kappa shape index (κ3) is 2.28. The van der Waals surface area contributed by atoms with Crippen molar-refractivity contribution in [3.05, 3.63) is 71.8 Å². The zero-order chi connectivity index (χ0) is 17.4. The fraction of sp³-hybridized carbons (Fsp3) is 0.333. The second-order valence-corrected chi connectivity index (χ2v) is 6.85. The molecule has 128 valence electrons. The molecule has 4 rings (SSSR count). The summed E-state index contributed by atoms with van der Waals surface area (Å²) in [6.45, 7) is 0. The van der Waals surface area contributed by atoms with E-state index in [9.17, 15) is 9.59 Å². The van der Waals surface area contributed by atoms with Gasteiger partial charge in [0, 0.05) is 17.5 Å². The highest BCUT2D eigenvalue weighted by Gasteiger charge is 2.65. The van der Waals surface area contributed by atoms with Gasteiger partial charge < -0.3 is 9.64 Å². The summed E-state index contributed by atoms with van der Waals surface area (Å²) in [6.07, 6.45) is 2.30. The minimum Gasteiger partial charge on any atom is -0.467 e. The Balaban J connectivity index is 1.80. The first kappa shape index (κ1) is 15.9. The summed E-state index contributed by atoms with van der Waals surface area (Å²) in [5.41, 5.74) is 0.825. The van der Waals surface area contributed by atoms with Gasteiger partial charge in [-0.25, -0.2) is 4.79 Å². The number of esters is 1. The number of benzene rings is 2. The Hall–Kier alpha value is -2.62. The average Bonchev–Trinajstić information content (AvgIpc) is 3.22. The fourth-order valence-corrected chi connectivity index (χ4v) is 4.68. The molecule has 2 aliphatic rings. The average molecular weight is 335 g/mol. The van der Waals surface area contributed by atoms with Crippen LogP contribution in [0.3, 0.4) is 0 Å². The summed E-state index contributed by atoms with van der Waals surface area (Å²) in [7, 11) is 1.41. The Kier molecular flexibility index (Phi) is 3.83. The molecular weight excluding hydrogens is 314 g/mol. The van der Waals surface area contributed by atoms with Crippen LogP contribution in [0.5, 0.6) is 0 Å². The van der Waals surface area contributed by atoms with Crippen molar-refractivity contribution >= 4 is 11.9 Å². The summed E-state index contributed by atoms with van der Waals surface area (Å²) in [4.78, 5) is 27.9. The van der Waals surface area contributed by atoms with E-state index in [0.29, 0.717) is 12.0 Å². The quantitative estimate of drug-likeness (QED) is 0.808. The number of carbonyl (C=O) groups is 2. The largest absolute Gasteiger partial charge is 0.467 e. The maximum Gasteiger partial charge on any atom is 0.332 e. The van der Waals surface area contributed by atoms with Gasteiger partial charge in [-0.05, 0) is 37.0 Å². The molecule has 2 aliphatic heterocycles. The Labute approximate surface area is 147 Å². The molecule has 0 radical (unpaired) electrons. The van der Waals surface area contributed by atoms with Crippen LogP contribution >= 0.6 is 0 Å². The molecule has 0 unspecified atom stereocenters. The highest BCUT2D eigenvalue weighted by Crippen LogP contribution is 2.55. The molecule has 3 atom stereocenters. The summed E-state index contributed by atoms with van der Waals surface area (Å²) in [5, 5.41) is 0. The van der Waals surface area contributed by atoms with Crippen molar-refractivity contribution in [2.45, 2.75) is 36.8 Å². The lowest BCUT2D eigenvalue weighted by atomic mass is 9.74. The molecule has 0 saturated carbocycles. The van der Waals surface area contributed by atoms with Crippen LogP contribution in [-0.4, -0.2) is 35.5 Å². The van der Waals surface area contributed by atoms with Gasteiger partial charge in [0.1, 0.15) is 5.54 Å². The zero-order valence-corrected chi connectivity index (χ0v) is 14.2. The van der Waals surface area contributed by atoms with Crippen molar-refractivity contribution in [1.29, 1.82) is 0 Å². The Bertz CT molecular complexity index is 789. The van der Waals surface area contributed by atoms with Crippen LogP contribution in [0.1, 0.15) is 41.1 Å². The van der Waals surface area contributed by atoms with Gasteiger partial charge in [-0.2, -0.15) is 0 Å². The zero-order valence-electron chi connectivity index (χ0n) is 14.2. The summed E-state index contributed by atoms with van der Waals surface area (Å²) in [6, 6.07) is 19.3. The number of amides is 1. The van der Waals surface area contributed by atoms with Crippen LogP contribution in [-0.2, 0) is 9.53 Å². The van der Waals surface area contributed by atoms with Crippen LogP contribution in [0, 0.1) is 0 Å². The van der Waals surface area contributed by atoms with E-state index in [2.05, 4.69) is 0 Å². The number of rotatable bonds is 3. The lowest BCUT2D eigenvalue weighted by Crippen LogP contribution is -2.54. The normalized spacial score (nSPS) is 27.3. The van der Waals surface area contributed by atoms with Gasteiger partial charge in [0.2, 0.25) is 0 Å². The van der Waals surface area contributed by atoms with E-state index in [4.69, 9.17) is 4.74 Å². The number of fused-ring (bicyclic) bond motifs is 2. The number of hydrogen-bond acceptors (Lipinski definition) is 3. The SMILES string of the molecule is COC(=O)[C@@]12CC[C@@H](C[C@@H]1c1ccccc1)N2C(=O)c1ccccc1. The predicted molar refractivity (Wildman–Crippen MR) is 94.2 cm³/mol. The first-order valence-corrected chi connectivity index (χ1v) is 8.70. The molecule has 1 amide bonds. The van der Waals surface area contributed by atoms with E-state index in [1.807, 2.05) is 65.6 Å². The van der Waals surface area contributed by atoms with E-state index >= 15 is 0 Å². The molecule has 4 nitrogen and oxygen atoms in total. The van der Waals surface area contributed by atoms with E-state index in [-0.39, 0.29) is 23.8 Å². The summed E-state index contributed by atoms with van der Waals surface area (Å²) >= 11 is 0. The van der Waals surface area contributed by atoms with Crippen molar-refractivity contribution in [2.75, 3.05) is 7.11 Å². The van der Waals surface area contributed by atoms with E-state index < -0.39 is 5.54 Å². The molecule has 25 heavy (non-hydrogen) atoms. The molecule has 2 aromatic carbocycles. The first-order chi connectivity index (χ1) is 12.2. The minimum atomic E-state index is -0.895. The lowest BCUT2D eigenvalue weighted by molar-refractivity contribution is -0.152. The summed E-state index contributed by atoms with van der Waals surface area (Å²) in [5.74, 6) is -0.398. The molecule has 2 fully saturated rings. The maximum absolute atomic E-state index is 13.2. The molecule has 0 aromatic heterocycles. The number of nitrogens with zero attached hydrogens (tertiary/aromatic N) is 1. The van der Waals surface area contributed by atoms with E-state index in [0.717, 1.165) is 18.4 Å². The van der Waals surface area contributed by atoms with Crippen LogP contribution in [0.2, 0.25) is 0 Å². The lowest BCUT2D eigenvalue weighted by Gasteiger charge is -2.37. The molecule has 0 spiro atoms. The number of carbonyl (C=O) groups excluding carboxylic acids is 2. The highest BCUT2D eigenvalue weighted by atomic mass is 16.5. The summed E-state index contributed by atoms with van der Waals surface area (Å²) < 4.78 is 5.19. The second kappa shape index (κ2) is 6.03. The minimum absolute atomic E-state index is 0.0208.